The Bertz CT molecular complexity index is 695. The fraction of sp³-hybridized carbons (Fsp3) is 0.588. The molecule has 2 aliphatic rings. The van der Waals surface area contributed by atoms with Crippen LogP contribution in [0.4, 0.5) is 0 Å². The number of rotatable bonds is 8. The van der Waals surface area contributed by atoms with Crippen LogP contribution in [-0.4, -0.2) is 51.9 Å². The number of nitrogens with zero attached hydrogens (tertiary/aromatic N) is 1. The molecule has 3 N–H and O–H groups in total. The van der Waals surface area contributed by atoms with Crippen molar-refractivity contribution in [1.82, 2.24) is 20.5 Å². The molecule has 1 saturated carbocycles. The summed E-state index contributed by atoms with van der Waals surface area (Å²) in [5, 5.41) is 2.88. The molecule has 1 aliphatic carbocycles. The SMILES string of the molecule is CN(CCC1CNNC1)S(=O)(=O)c1ccc(C(=O)NCC2CC2)cc1. The second-order valence-electron chi connectivity index (χ2n) is 6.92. The monoisotopic (exact) mass is 366 g/mol. The van der Waals surface area contributed by atoms with E-state index >= 15 is 0 Å². The molecule has 0 aromatic heterocycles. The van der Waals surface area contributed by atoms with E-state index in [4.69, 9.17) is 0 Å². The smallest absolute Gasteiger partial charge is 0.251 e. The Kier molecular flexibility index (Phi) is 5.73. The third-order valence-electron chi connectivity index (χ3n) is 4.83. The fourth-order valence-corrected chi connectivity index (χ4v) is 4.00. The molecule has 0 radical (unpaired) electrons. The highest BCUT2D eigenvalue weighted by Crippen LogP contribution is 2.27. The largest absolute Gasteiger partial charge is 0.352 e. The van der Waals surface area contributed by atoms with Crippen LogP contribution in [0.15, 0.2) is 29.2 Å². The Morgan fingerprint density at radius 1 is 1.16 bits per heavy atom. The normalized spacial score (nSPS) is 18.6. The number of hydrogen-bond donors (Lipinski definition) is 3. The zero-order chi connectivity index (χ0) is 17.9. The van der Waals surface area contributed by atoms with Crippen LogP contribution < -0.4 is 16.2 Å². The van der Waals surface area contributed by atoms with Crippen molar-refractivity contribution >= 4 is 15.9 Å². The number of nitrogens with one attached hydrogen (secondary N) is 3. The molecule has 1 aromatic carbocycles. The summed E-state index contributed by atoms with van der Waals surface area (Å²) >= 11 is 0. The molecule has 1 heterocycles. The molecule has 1 saturated heterocycles. The quantitative estimate of drug-likeness (QED) is 0.625. The zero-order valence-corrected chi connectivity index (χ0v) is 15.3. The fourth-order valence-electron chi connectivity index (χ4n) is 2.81. The molecule has 8 heteroatoms. The predicted molar refractivity (Wildman–Crippen MR) is 95.4 cm³/mol. The molecule has 3 rings (SSSR count). The summed E-state index contributed by atoms with van der Waals surface area (Å²) in [4.78, 5) is 12.3. The molecular weight excluding hydrogens is 340 g/mol. The van der Waals surface area contributed by atoms with Gasteiger partial charge in [0.2, 0.25) is 10.0 Å². The van der Waals surface area contributed by atoms with Crippen molar-refractivity contribution in [3.05, 3.63) is 29.8 Å². The van der Waals surface area contributed by atoms with Gasteiger partial charge in [-0.1, -0.05) is 0 Å². The molecule has 2 fully saturated rings. The number of hydrazine groups is 1. The van der Waals surface area contributed by atoms with Crippen molar-refractivity contribution in [2.24, 2.45) is 11.8 Å². The third kappa shape index (κ3) is 4.78. The summed E-state index contributed by atoms with van der Waals surface area (Å²) in [6.07, 6.45) is 3.16. The highest BCUT2D eigenvalue weighted by atomic mass is 32.2. The van der Waals surface area contributed by atoms with Crippen LogP contribution in [0, 0.1) is 11.8 Å². The summed E-state index contributed by atoms with van der Waals surface area (Å²) < 4.78 is 26.7. The first kappa shape index (κ1) is 18.3. The lowest BCUT2D eigenvalue weighted by atomic mass is 10.1. The number of sulfonamides is 1. The van der Waals surface area contributed by atoms with Gasteiger partial charge in [0.25, 0.3) is 5.91 Å². The molecule has 7 nitrogen and oxygen atoms in total. The van der Waals surface area contributed by atoms with Crippen molar-refractivity contribution in [3.63, 3.8) is 0 Å². The van der Waals surface area contributed by atoms with Crippen molar-refractivity contribution in [3.8, 4) is 0 Å². The topological polar surface area (TPSA) is 90.5 Å². The van der Waals surface area contributed by atoms with Gasteiger partial charge in [0, 0.05) is 38.8 Å². The Balaban J connectivity index is 1.57. The molecule has 0 spiro atoms. The van der Waals surface area contributed by atoms with E-state index in [1.165, 1.54) is 29.3 Å². The lowest BCUT2D eigenvalue weighted by Crippen LogP contribution is -2.30. The zero-order valence-electron chi connectivity index (χ0n) is 14.5. The summed E-state index contributed by atoms with van der Waals surface area (Å²) in [7, 11) is -1.93. The lowest BCUT2D eigenvalue weighted by molar-refractivity contribution is 0.0951. The van der Waals surface area contributed by atoms with Gasteiger partial charge in [-0.25, -0.2) is 12.7 Å². The first-order valence-corrected chi connectivity index (χ1v) is 10.2. The second kappa shape index (κ2) is 7.82. The van der Waals surface area contributed by atoms with Gasteiger partial charge in [0.05, 0.1) is 4.90 Å². The molecule has 0 atom stereocenters. The van der Waals surface area contributed by atoms with Crippen molar-refractivity contribution in [1.29, 1.82) is 0 Å². The minimum Gasteiger partial charge on any atom is -0.352 e. The Hall–Kier alpha value is -1.48. The Morgan fingerprint density at radius 2 is 1.80 bits per heavy atom. The lowest BCUT2D eigenvalue weighted by Gasteiger charge is -2.19. The average Bonchev–Trinajstić information content (AvgIpc) is 3.30. The van der Waals surface area contributed by atoms with Gasteiger partial charge in [-0.05, 0) is 55.4 Å². The van der Waals surface area contributed by atoms with E-state index in [1.807, 2.05) is 0 Å². The minimum absolute atomic E-state index is 0.148. The van der Waals surface area contributed by atoms with Gasteiger partial charge in [-0.2, -0.15) is 0 Å². The van der Waals surface area contributed by atoms with Gasteiger partial charge < -0.3 is 5.32 Å². The highest BCUT2D eigenvalue weighted by Gasteiger charge is 2.24. The second-order valence-corrected chi connectivity index (χ2v) is 8.97. The van der Waals surface area contributed by atoms with Crippen LogP contribution in [0.5, 0.6) is 0 Å². The molecule has 0 unspecified atom stereocenters. The van der Waals surface area contributed by atoms with E-state index in [-0.39, 0.29) is 10.8 Å². The molecule has 1 aromatic rings. The van der Waals surface area contributed by atoms with Crippen molar-refractivity contribution in [2.75, 3.05) is 33.2 Å². The summed E-state index contributed by atoms with van der Waals surface area (Å²) in [5.41, 5.74) is 6.59. The predicted octanol–water partition coefficient (Wildman–Crippen LogP) is 0.561. The van der Waals surface area contributed by atoms with Crippen LogP contribution in [0.2, 0.25) is 0 Å². The van der Waals surface area contributed by atoms with Crippen LogP contribution in [0.25, 0.3) is 0 Å². The van der Waals surface area contributed by atoms with Crippen molar-refractivity contribution in [2.45, 2.75) is 24.2 Å². The number of benzene rings is 1. The number of carbonyl (C=O) groups is 1. The van der Waals surface area contributed by atoms with E-state index in [2.05, 4.69) is 16.2 Å². The Labute approximate surface area is 149 Å². The van der Waals surface area contributed by atoms with E-state index < -0.39 is 10.0 Å². The standard InChI is InChI=1S/C17H26N4O3S/c1-21(9-8-14-11-19-20-12-14)25(23,24)16-6-4-15(5-7-16)17(22)18-10-13-2-3-13/h4-7,13-14,19-20H,2-3,8-12H2,1H3,(H,18,22). The van der Waals surface area contributed by atoms with Crippen LogP contribution in [0.3, 0.4) is 0 Å². The molecule has 0 bridgehead atoms. The van der Waals surface area contributed by atoms with Gasteiger partial charge >= 0.3 is 0 Å². The van der Waals surface area contributed by atoms with E-state index in [1.54, 1.807) is 19.2 Å². The van der Waals surface area contributed by atoms with Crippen molar-refractivity contribution < 1.29 is 13.2 Å². The molecule has 1 amide bonds. The minimum atomic E-state index is -3.53. The number of hydrogen-bond acceptors (Lipinski definition) is 5. The molecular formula is C17H26N4O3S. The maximum Gasteiger partial charge on any atom is 0.251 e. The average molecular weight is 366 g/mol. The number of carbonyl (C=O) groups excluding carboxylic acids is 1. The van der Waals surface area contributed by atoms with Gasteiger partial charge in [0.1, 0.15) is 0 Å². The molecule has 25 heavy (non-hydrogen) atoms. The van der Waals surface area contributed by atoms with E-state index in [0.29, 0.717) is 30.5 Å². The highest BCUT2D eigenvalue weighted by molar-refractivity contribution is 7.89. The summed E-state index contributed by atoms with van der Waals surface area (Å²) in [5.74, 6) is 0.906. The van der Waals surface area contributed by atoms with Crippen LogP contribution >= 0.6 is 0 Å². The maximum atomic E-state index is 12.6. The Morgan fingerprint density at radius 3 is 2.40 bits per heavy atom. The molecule has 138 valence electrons. The van der Waals surface area contributed by atoms with E-state index in [9.17, 15) is 13.2 Å². The first-order valence-electron chi connectivity index (χ1n) is 8.77. The number of amides is 1. The summed E-state index contributed by atoms with van der Waals surface area (Å²) in [6.45, 7) is 2.89. The van der Waals surface area contributed by atoms with Crippen LogP contribution in [-0.2, 0) is 10.0 Å². The van der Waals surface area contributed by atoms with Gasteiger partial charge in [-0.15, -0.1) is 0 Å². The van der Waals surface area contributed by atoms with E-state index in [0.717, 1.165) is 19.5 Å². The maximum absolute atomic E-state index is 12.6. The third-order valence-corrected chi connectivity index (χ3v) is 6.70. The summed E-state index contributed by atoms with van der Waals surface area (Å²) in [6, 6.07) is 6.18. The first-order chi connectivity index (χ1) is 12.0. The van der Waals surface area contributed by atoms with Gasteiger partial charge in [-0.3, -0.25) is 15.6 Å². The molecule has 1 aliphatic heterocycles. The van der Waals surface area contributed by atoms with Crippen LogP contribution in [0.1, 0.15) is 29.6 Å². The van der Waals surface area contributed by atoms with Gasteiger partial charge in [0.15, 0.2) is 0 Å².